The second-order valence-electron chi connectivity index (χ2n) is 5.76. The first kappa shape index (κ1) is 14.1. The molecular weight excluding hydrogens is 232 g/mol. The summed E-state index contributed by atoms with van der Waals surface area (Å²) in [5.74, 6) is 0.892. The number of nitriles is 1. The van der Waals surface area contributed by atoms with Crippen molar-refractivity contribution in [2.45, 2.75) is 58.0 Å². The highest BCUT2D eigenvalue weighted by atomic mass is 14.9. The summed E-state index contributed by atoms with van der Waals surface area (Å²) in [4.78, 5) is 0. The minimum atomic E-state index is 0.328. The van der Waals surface area contributed by atoms with Crippen LogP contribution in [0.2, 0.25) is 0 Å². The third kappa shape index (κ3) is 3.81. The second kappa shape index (κ2) is 6.73. The molecule has 0 aliphatic heterocycles. The maximum atomic E-state index is 8.96. The zero-order valence-corrected chi connectivity index (χ0v) is 12.0. The summed E-state index contributed by atoms with van der Waals surface area (Å²) >= 11 is 0. The first-order valence-electron chi connectivity index (χ1n) is 7.49. The SMILES string of the molecule is CCC1CCCC(NC(C)c2cccc(C#N)c2)C1. The highest BCUT2D eigenvalue weighted by Gasteiger charge is 2.22. The number of hydrogen-bond acceptors (Lipinski definition) is 2. The van der Waals surface area contributed by atoms with Crippen molar-refractivity contribution >= 4 is 0 Å². The van der Waals surface area contributed by atoms with Gasteiger partial charge in [-0.25, -0.2) is 0 Å². The van der Waals surface area contributed by atoms with Crippen LogP contribution in [0.25, 0.3) is 0 Å². The normalized spacial score (nSPS) is 24.7. The Bertz CT molecular complexity index is 447. The van der Waals surface area contributed by atoms with Crippen molar-refractivity contribution in [1.82, 2.24) is 5.32 Å². The molecule has 3 atom stereocenters. The predicted octanol–water partition coefficient (Wildman–Crippen LogP) is 4.18. The van der Waals surface area contributed by atoms with Crippen molar-refractivity contribution < 1.29 is 0 Å². The summed E-state index contributed by atoms with van der Waals surface area (Å²) in [7, 11) is 0. The molecule has 1 aliphatic rings. The second-order valence-corrected chi connectivity index (χ2v) is 5.76. The van der Waals surface area contributed by atoms with Crippen LogP contribution in [-0.4, -0.2) is 6.04 Å². The van der Waals surface area contributed by atoms with Gasteiger partial charge in [0.15, 0.2) is 0 Å². The number of nitrogens with zero attached hydrogens (tertiary/aromatic N) is 1. The smallest absolute Gasteiger partial charge is 0.0991 e. The minimum absolute atomic E-state index is 0.328. The third-order valence-corrected chi connectivity index (χ3v) is 4.36. The number of rotatable bonds is 4. The fourth-order valence-electron chi connectivity index (χ4n) is 3.14. The van der Waals surface area contributed by atoms with Crippen LogP contribution in [0.15, 0.2) is 24.3 Å². The minimum Gasteiger partial charge on any atom is -0.307 e. The van der Waals surface area contributed by atoms with Gasteiger partial charge in [-0.3, -0.25) is 0 Å². The van der Waals surface area contributed by atoms with Gasteiger partial charge in [0, 0.05) is 12.1 Å². The van der Waals surface area contributed by atoms with E-state index < -0.39 is 0 Å². The molecule has 1 aromatic carbocycles. The summed E-state index contributed by atoms with van der Waals surface area (Å²) in [6.45, 7) is 4.50. The highest BCUT2D eigenvalue weighted by molar-refractivity contribution is 5.34. The Morgan fingerprint density at radius 1 is 1.42 bits per heavy atom. The van der Waals surface area contributed by atoms with Gasteiger partial charge >= 0.3 is 0 Å². The van der Waals surface area contributed by atoms with E-state index in [4.69, 9.17) is 5.26 Å². The molecule has 2 rings (SSSR count). The molecule has 0 bridgehead atoms. The molecule has 0 heterocycles. The van der Waals surface area contributed by atoms with Gasteiger partial charge in [-0.2, -0.15) is 5.26 Å². The maximum absolute atomic E-state index is 8.96. The molecule has 3 unspecified atom stereocenters. The lowest BCUT2D eigenvalue weighted by atomic mass is 9.84. The molecule has 1 saturated carbocycles. The molecule has 0 amide bonds. The van der Waals surface area contributed by atoms with Crippen LogP contribution in [0.5, 0.6) is 0 Å². The predicted molar refractivity (Wildman–Crippen MR) is 78.7 cm³/mol. The average Bonchev–Trinajstić information content (AvgIpc) is 2.47. The Balaban J connectivity index is 1.96. The van der Waals surface area contributed by atoms with Crippen LogP contribution in [-0.2, 0) is 0 Å². The zero-order valence-electron chi connectivity index (χ0n) is 12.0. The van der Waals surface area contributed by atoms with Crippen LogP contribution in [0.4, 0.5) is 0 Å². The molecule has 0 saturated heterocycles. The molecule has 1 N–H and O–H groups in total. The van der Waals surface area contributed by atoms with Crippen molar-refractivity contribution in [2.24, 2.45) is 5.92 Å². The first-order valence-corrected chi connectivity index (χ1v) is 7.49. The summed E-state index contributed by atoms with van der Waals surface area (Å²) < 4.78 is 0. The Kier molecular flexibility index (Phi) is 4.99. The van der Waals surface area contributed by atoms with Crippen molar-refractivity contribution in [3.63, 3.8) is 0 Å². The molecular formula is C17H24N2. The largest absolute Gasteiger partial charge is 0.307 e. The molecule has 1 aliphatic carbocycles. The topological polar surface area (TPSA) is 35.8 Å². The van der Waals surface area contributed by atoms with Crippen molar-refractivity contribution in [2.75, 3.05) is 0 Å². The van der Waals surface area contributed by atoms with Crippen LogP contribution >= 0.6 is 0 Å². The summed E-state index contributed by atoms with van der Waals surface area (Å²) in [5.41, 5.74) is 1.97. The van der Waals surface area contributed by atoms with Crippen LogP contribution in [0, 0.1) is 17.2 Å². The standard InChI is InChI=1S/C17H24N2/c1-3-14-6-5-9-17(11-14)19-13(2)16-8-4-7-15(10-16)12-18/h4,7-8,10,13-14,17,19H,3,5-6,9,11H2,1-2H3. The highest BCUT2D eigenvalue weighted by Crippen LogP contribution is 2.28. The van der Waals surface area contributed by atoms with E-state index in [0.717, 1.165) is 11.5 Å². The Morgan fingerprint density at radius 3 is 3.00 bits per heavy atom. The Hall–Kier alpha value is -1.33. The number of nitrogens with one attached hydrogen (secondary N) is 1. The van der Waals surface area contributed by atoms with E-state index >= 15 is 0 Å². The summed E-state index contributed by atoms with van der Waals surface area (Å²) in [6, 6.07) is 11.1. The quantitative estimate of drug-likeness (QED) is 0.877. The molecule has 1 aromatic rings. The van der Waals surface area contributed by atoms with Crippen molar-refractivity contribution in [3.8, 4) is 6.07 Å². The third-order valence-electron chi connectivity index (χ3n) is 4.36. The van der Waals surface area contributed by atoms with Crippen LogP contribution < -0.4 is 5.32 Å². The van der Waals surface area contributed by atoms with E-state index in [-0.39, 0.29) is 0 Å². The molecule has 0 radical (unpaired) electrons. The maximum Gasteiger partial charge on any atom is 0.0991 e. The number of hydrogen-bond donors (Lipinski definition) is 1. The van der Waals surface area contributed by atoms with Gasteiger partial charge in [-0.15, -0.1) is 0 Å². The van der Waals surface area contributed by atoms with Gasteiger partial charge < -0.3 is 5.32 Å². The lowest BCUT2D eigenvalue weighted by molar-refractivity contribution is 0.266. The van der Waals surface area contributed by atoms with Gasteiger partial charge in [0.25, 0.3) is 0 Å². The molecule has 0 spiro atoms. The van der Waals surface area contributed by atoms with Gasteiger partial charge in [-0.05, 0) is 43.4 Å². The van der Waals surface area contributed by atoms with Crippen LogP contribution in [0.3, 0.4) is 0 Å². The molecule has 102 valence electrons. The van der Waals surface area contributed by atoms with Gasteiger partial charge in [0.05, 0.1) is 11.6 Å². The lowest BCUT2D eigenvalue weighted by Crippen LogP contribution is -2.35. The molecule has 2 heteroatoms. The summed E-state index contributed by atoms with van der Waals surface area (Å²) in [6.07, 6.45) is 6.64. The van der Waals surface area contributed by atoms with E-state index in [1.54, 1.807) is 0 Å². The van der Waals surface area contributed by atoms with E-state index in [0.29, 0.717) is 12.1 Å². The average molecular weight is 256 g/mol. The fourth-order valence-corrected chi connectivity index (χ4v) is 3.14. The first-order chi connectivity index (χ1) is 9.22. The van der Waals surface area contributed by atoms with E-state index in [2.05, 4.69) is 31.3 Å². The van der Waals surface area contributed by atoms with Gasteiger partial charge in [-0.1, -0.05) is 38.3 Å². The fraction of sp³-hybridized carbons (Fsp3) is 0.588. The Morgan fingerprint density at radius 2 is 2.26 bits per heavy atom. The number of benzene rings is 1. The molecule has 1 fully saturated rings. The Labute approximate surface area is 116 Å². The monoisotopic (exact) mass is 256 g/mol. The molecule has 2 nitrogen and oxygen atoms in total. The van der Waals surface area contributed by atoms with Crippen molar-refractivity contribution in [1.29, 1.82) is 5.26 Å². The van der Waals surface area contributed by atoms with Crippen LogP contribution in [0.1, 0.15) is 63.1 Å². The molecule has 0 aromatic heterocycles. The van der Waals surface area contributed by atoms with Gasteiger partial charge in [0.1, 0.15) is 0 Å². The summed E-state index contributed by atoms with van der Waals surface area (Å²) in [5, 5.41) is 12.7. The lowest BCUT2D eigenvalue weighted by Gasteiger charge is -2.31. The van der Waals surface area contributed by atoms with E-state index in [1.165, 1.54) is 37.7 Å². The molecule has 19 heavy (non-hydrogen) atoms. The van der Waals surface area contributed by atoms with Crippen molar-refractivity contribution in [3.05, 3.63) is 35.4 Å². The van der Waals surface area contributed by atoms with Gasteiger partial charge in [0.2, 0.25) is 0 Å². The zero-order chi connectivity index (χ0) is 13.7. The van der Waals surface area contributed by atoms with E-state index in [1.807, 2.05) is 18.2 Å². The van der Waals surface area contributed by atoms with E-state index in [9.17, 15) is 0 Å².